The van der Waals surface area contributed by atoms with Crippen molar-refractivity contribution < 1.29 is 9.53 Å². The summed E-state index contributed by atoms with van der Waals surface area (Å²) < 4.78 is 5.09. The van der Waals surface area contributed by atoms with E-state index in [0.29, 0.717) is 0 Å². The molecule has 0 spiro atoms. The minimum atomic E-state index is -0.192. The number of carbonyl (C=O) groups is 1. The van der Waals surface area contributed by atoms with Gasteiger partial charge in [-0.1, -0.05) is 37.3 Å². The van der Waals surface area contributed by atoms with Gasteiger partial charge in [-0.3, -0.25) is 4.79 Å². The number of hydrogen-bond acceptors (Lipinski definition) is 4. The Bertz CT molecular complexity index is 652. The second kappa shape index (κ2) is 8.58. The molecule has 0 atom stereocenters. The average molecular weight is 311 g/mol. The Morgan fingerprint density at radius 2 is 1.78 bits per heavy atom. The Morgan fingerprint density at radius 3 is 2.39 bits per heavy atom. The minimum Gasteiger partial charge on any atom is -0.497 e. The molecule has 0 aliphatic heterocycles. The van der Waals surface area contributed by atoms with Crippen LogP contribution in [0.2, 0.25) is 0 Å². The highest BCUT2D eigenvalue weighted by atomic mass is 16.5. The van der Waals surface area contributed by atoms with Gasteiger partial charge in [-0.15, -0.1) is 0 Å². The van der Waals surface area contributed by atoms with Crippen molar-refractivity contribution in [2.75, 3.05) is 19.0 Å². The number of amides is 1. The molecule has 1 amide bonds. The molecule has 23 heavy (non-hydrogen) atoms. The zero-order valence-corrected chi connectivity index (χ0v) is 13.4. The van der Waals surface area contributed by atoms with Crippen molar-refractivity contribution in [1.82, 2.24) is 5.43 Å². The smallest absolute Gasteiger partial charge is 0.259 e. The second-order valence-corrected chi connectivity index (χ2v) is 4.90. The first-order valence-corrected chi connectivity index (χ1v) is 7.51. The van der Waals surface area contributed by atoms with Crippen molar-refractivity contribution in [3.63, 3.8) is 0 Å². The topological polar surface area (TPSA) is 62.7 Å². The summed E-state index contributed by atoms with van der Waals surface area (Å²) in [7, 11) is 1.62. The van der Waals surface area contributed by atoms with Gasteiger partial charge < -0.3 is 10.1 Å². The molecule has 0 fully saturated rings. The van der Waals surface area contributed by atoms with Crippen molar-refractivity contribution in [1.29, 1.82) is 0 Å². The van der Waals surface area contributed by atoms with Gasteiger partial charge in [0.25, 0.3) is 5.91 Å². The van der Waals surface area contributed by atoms with E-state index in [4.69, 9.17) is 4.74 Å². The Balaban J connectivity index is 1.87. The third-order valence-electron chi connectivity index (χ3n) is 3.30. The van der Waals surface area contributed by atoms with Crippen LogP contribution in [0.25, 0.3) is 0 Å². The molecule has 0 aliphatic rings. The highest BCUT2D eigenvalue weighted by Gasteiger charge is 2.03. The van der Waals surface area contributed by atoms with Crippen molar-refractivity contribution in [3.05, 3.63) is 60.2 Å². The van der Waals surface area contributed by atoms with Crippen LogP contribution >= 0.6 is 0 Å². The zero-order chi connectivity index (χ0) is 16.5. The van der Waals surface area contributed by atoms with Crippen LogP contribution in [0.3, 0.4) is 0 Å². The number of benzene rings is 2. The molecule has 0 radical (unpaired) electrons. The standard InChI is InChI=1S/C18H21N3O2/c1-3-17(14-7-5-4-6-8-14)20-21-18(22)13-19-15-9-11-16(23-2)12-10-15/h4-12,19H,3,13H2,1-2H3,(H,21,22)/b20-17+. The summed E-state index contributed by atoms with van der Waals surface area (Å²) in [5.41, 5.74) is 5.30. The Labute approximate surface area is 136 Å². The third kappa shape index (κ3) is 5.14. The zero-order valence-electron chi connectivity index (χ0n) is 13.4. The fraction of sp³-hybridized carbons (Fsp3) is 0.222. The first-order chi connectivity index (χ1) is 11.2. The quantitative estimate of drug-likeness (QED) is 0.610. The number of hydrazone groups is 1. The fourth-order valence-electron chi connectivity index (χ4n) is 2.04. The summed E-state index contributed by atoms with van der Waals surface area (Å²) >= 11 is 0. The lowest BCUT2D eigenvalue weighted by molar-refractivity contribution is -0.119. The maximum Gasteiger partial charge on any atom is 0.259 e. The largest absolute Gasteiger partial charge is 0.497 e. The lowest BCUT2D eigenvalue weighted by Crippen LogP contribution is -2.27. The van der Waals surface area contributed by atoms with E-state index < -0.39 is 0 Å². The molecule has 5 heteroatoms. The number of methoxy groups -OCH3 is 1. The first kappa shape index (κ1) is 16.5. The van der Waals surface area contributed by atoms with Gasteiger partial charge in [-0.05, 0) is 36.2 Å². The fourth-order valence-corrected chi connectivity index (χ4v) is 2.04. The molecule has 2 aromatic carbocycles. The maximum atomic E-state index is 11.9. The highest BCUT2D eigenvalue weighted by Crippen LogP contribution is 2.14. The highest BCUT2D eigenvalue weighted by molar-refractivity contribution is 6.00. The lowest BCUT2D eigenvalue weighted by atomic mass is 10.1. The monoisotopic (exact) mass is 311 g/mol. The molecule has 2 rings (SSSR count). The Hall–Kier alpha value is -2.82. The van der Waals surface area contributed by atoms with E-state index in [1.165, 1.54) is 0 Å². The summed E-state index contributed by atoms with van der Waals surface area (Å²) in [6, 6.07) is 17.2. The molecule has 0 bridgehead atoms. The number of hydrogen-bond donors (Lipinski definition) is 2. The van der Waals surface area contributed by atoms with Gasteiger partial charge in [0.1, 0.15) is 5.75 Å². The van der Waals surface area contributed by atoms with Crippen LogP contribution in [0.1, 0.15) is 18.9 Å². The van der Waals surface area contributed by atoms with Crippen LogP contribution in [0.15, 0.2) is 59.7 Å². The molecule has 0 saturated heterocycles. The molecule has 0 unspecified atom stereocenters. The van der Waals surface area contributed by atoms with Crippen LogP contribution in [0.5, 0.6) is 5.75 Å². The Morgan fingerprint density at radius 1 is 1.09 bits per heavy atom. The summed E-state index contributed by atoms with van der Waals surface area (Å²) in [5.74, 6) is 0.586. The van der Waals surface area contributed by atoms with Crippen LogP contribution in [0, 0.1) is 0 Å². The van der Waals surface area contributed by atoms with E-state index in [1.54, 1.807) is 7.11 Å². The summed E-state index contributed by atoms with van der Waals surface area (Å²) in [6.45, 7) is 2.16. The number of anilines is 1. The summed E-state index contributed by atoms with van der Waals surface area (Å²) in [4.78, 5) is 11.9. The molecule has 2 aromatic rings. The minimum absolute atomic E-state index is 0.154. The number of rotatable bonds is 7. The molecule has 120 valence electrons. The van der Waals surface area contributed by atoms with Gasteiger partial charge in [0.2, 0.25) is 0 Å². The second-order valence-electron chi connectivity index (χ2n) is 4.90. The lowest BCUT2D eigenvalue weighted by Gasteiger charge is -2.08. The number of carbonyl (C=O) groups excluding carboxylic acids is 1. The van der Waals surface area contributed by atoms with Crippen LogP contribution in [0.4, 0.5) is 5.69 Å². The Kier molecular flexibility index (Phi) is 6.17. The summed E-state index contributed by atoms with van der Waals surface area (Å²) in [6.07, 6.45) is 0.746. The predicted octanol–water partition coefficient (Wildman–Crippen LogP) is 3.04. The average Bonchev–Trinajstić information content (AvgIpc) is 2.62. The van der Waals surface area contributed by atoms with Gasteiger partial charge in [-0.25, -0.2) is 5.43 Å². The van der Waals surface area contributed by atoms with Crippen molar-refractivity contribution >= 4 is 17.3 Å². The van der Waals surface area contributed by atoms with E-state index in [9.17, 15) is 4.79 Å². The molecule has 2 N–H and O–H groups in total. The number of ether oxygens (including phenoxy) is 1. The molecule has 5 nitrogen and oxygen atoms in total. The maximum absolute atomic E-state index is 11.9. The predicted molar refractivity (Wildman–Crippen MR) is 92.9 cm³/mol. The van der Waals surface area contributed by atoms with Crippen LogP contribution < -0.4 is 15.5 Å². The van der Waals surface area contributed by atoms with Crippen molar-refractivity contribution in [2.45, 2.75) is 13.3 Å². The van der Waals surface area contributed by atoms with Gasteiger partial charge in [0.15, 0.2) is 0 Å². The molecule has 0 heterocycles. The number of nitrogens with zero attached hydrogens (tertiary/aromatic N) is 1. The molecular weight excluding hydrogens is 290 g/mol. The van der Waals surface area contributed by atoms with Crippen molar-refractivity contribution in [3.8, 4) is 5.75 Å². The van der Waals surface area contributed by atoms with E-state index in [-0.39, 0.29) is 12.5 Å². The normalized spacial score (nSPS) is 11.0. The first-order valence-electron chi connectivity index (χ1n) is 7.51. The number of nitrogens with one attached hydrogen (secondary N) is 2. The molecule has 0 saturated carbocycles. The van der Waals surface area contributed by atoms with Gasteiger partial charge >= 0.3 is 0 Å². The van der Waals surface area contributed by atoms with E-state index in [1.807, 2.05) is 61.5 Å². The van der Waals surface area contributed by atoms with E-state index >= 15 is 0 Å². The molecule has 0 aromatic heterocycles. The van der Waals surface area contributed by atoms with Gasteiger partial charge in [0.05, 0.1) is 19.4 Å². The summed E-state index contributed by atoms with van der Waals surface area (Å²) in [5, 5.41) is 7.25. The molecule has 0 aliphatic carbocycles. The van der Waals surface area contributed by atoms with Crippen LogP contribution in [-0.4, -0.2) is 25.3 Å². The molecular formula is C18H21N3O2. The van der Waals surface area contributed by atoms with E-state index in [0.717, 1.165) is 29.1 Å². The van der Waals surface area contributed by atoms with Gasteiger partial charge in [0, 0.05) is 5.69 Å². The van der Waals surface area contributed by atoms with Crippen LogP contribution in [-0.2, 0) is 4.79 Å². The van der Waals surface area contributed by atoms with Crippen molar-refractivity contribution in [2.24, 2.45) is 5.10 Å². The van der Waals surface area contributed by atoms with Gasteiger partial charge in [-0.2, -0.15) is 5.10 Å². The third-order valence-corrected chi connectivity index (χ3v) is 3.30. The van der Waals surface area contributed by atoms with E-state index in [2.05, 4.69) is 15.8 Å². The SMILES string of the molecule is CC/C(=N\NC(=O)CNc1ccc(OC)cc1)c1ccccc1.